The number of likely N-dealkylation sites (tertiary alicyclic amines) is 1. The number of carbonyl (C=O) groups excluding carboxylic acids is 1. The van der Waals surface area contributed by atoms with Crippen LogP contribution in [-0.4, -0.2) is 63.1 Å². The summed E-state index contributed by atoms with van der Waals surface area (Å²) in [4.78, 5) is 25.1. The van der Waals surface area contributed by atoms with Crippen molar-refractivity contribution in [1.29, 1.82) is 0 Å². The van der Waals surface area contributed by atoms with Gasteiger partial charge in [-0.05, 0) is 17.9 Å². The van der Waals surface area contributed by atoms with E-state index in [1.807, 2.05) is 41.6 Å². The smallest absolute Gasteiger partial charge is 0.475 e. The van der Waals surface area contributed by atoms with E-state index in [1.165, 1.54) is 10.4 Å². The van der Waals surface area contributed by atoms with Gasteiger partial charge in [0.2, 0.25) is 5.91 Å². The molecule has 2 aliphatic heterocycles. The highest BCUT2D eigenvalue weighted by atomic mass is 32.1. The van der Waals surface area contributed by atoms with Crippen LogP contribution in [0.25, 0.3) is 0 Å². The molecule has 0 unspecified atom stereocenters. The number of carbonyl (C=O) groups is 2. The number of nitrogens with one attached hydrogen (secondary N) is 1. The number of aliphatic carboxylic acids is 1. The summed E-state index contributed by atoms with van der Waals surface area (Å²) in [5, 5.41) is 16.5. The van der Waals surface area contributed by atoms with Crippen molar-refractivity contribution in [1.82, 2.24) is 20.0 Å². The number of amides is 1. The topological polar surface area (TPSA) is 96.7 Å². The Hall–Kier alpha value is -2.44. The van der Waals surface area contributed by atoms with E-state index in [9.17, 15) is 18.0 Å². The van der Waals surface area contributed by atoms with Crippen LogP contribution in [0.1, 0.15) is 16.9 Å². The first kappa shape index (κ1) is 23.2. The quantitative estimate of drug-likeness (QED) is 0.709. The zero-order valence-corrected chi connectivity index (χ0v) is 17.5. The third kappa shape index (κ3) is 6.05. The van der Waals surface area contributed by atoms with Crippen molar-refractivity contribution in [3.63, 3.8) is 0 Å². The predicted molar refractivity (Wildman–Crippen MR) is 105 cm³/mol. The molecule has 2 aliphatic rings. The van der Waals surface area contributed by atoms with E-state index in [0.717, 1.165) is 26.1 Å². The second kappa shape index (κ2) is 9.79. The zero-order valence-electron chi connectivity index (χ0n) is 16.7. The molecule has 2 N–H and O–H groups in total. The molecule has 2 aromatic rings. The molecule has 31 heavy (non-hydrogen) atoms. The number of hydrogen-bond acceptors (Lipinski definition) is 6. The molecule has 2 aromatic heterocycles. The summed E-state index contributed by atoms with van der Waals surface area (Å²) in [6, 6.07) is 4.39. The molecule has 8 nitrogen and oxygen atoms in total. The molecule has 0 aliphatic carbocycles. The van der Waals surface area contributed by atoms with Crippen LogP contribution in [-0.2, 0) is 34.5 Å². The number of halogens is 3. The van der Waals surface area contributed by atoms with Gasteiger partial charge in [0.25, 0.3) is 0 Å². The van der Waals surface area contributed by atoms with Crippen LogP contribution in [0.5, 0.6) is 0 Å². The lowest BCUT2D eigenvalue weighted by Gasteiger charge is -2.21. The van der Waals surface area contributed by atoms with Gasteiger partial charge >= 0.3 is 12.1 Å². The van der Waals surface area contributed by atoms with Gasteiger partial charge in [0.15, 0.2) is 0 Å². The van der Waals surface area contributed by atoms with Gasteiger partial charge in [0, 0.05) is 49.4 Å². The average molecular weight is 460 g/mol. The Bertz CT molecular complexity index is 887. The Balaban J connectivity index is 0.000000339. The van der Waals surface area contributed by atoms with Crippen molar-refractivity contribution >= 4 is 23.2 Å². The maximum atomic E-state index is 12.7. The van der Waals surface area contributed by atoms with E-state index in [4.69, 9.17) is 14.6 Å². The number of alkyl halides is 3. The summed E-state index contributed by atoms with van der Waals surface area (Å²) in [5.74, 6) is -2.74. The maximum Gasteiger partial charge on any atom is 0.490 e. The number of carboxylic acid groups (broad SMARTS) is 1. The van der Waals surface area contributed by atoms with E-state index >= 15 is 0 Å². The van der Waals surface area contributed by atoms with E-state index in [-0.39, 0.29) is 17.9 Å². The van der Waals surface area contributed by atoms with Crippen molar-refractivity contribution in [3.8, 4) is 0 Å². The Kier molecular flexibility index (Phi) is 7.34. The molecule has 4 heterocycles. The maximum absolute atomic E-state index is 12.7. The highest BCUT2D eigenvalue weighted by Crippen LogP contribution is 2.34. The van der Waals surface area contributed by atoms with Crippen LogP contribution in [0, 0.1) is 5.92 Å². The van der Waals surface area contributed by atoms with Crippen LogP contribution >= 0.6 is 11.3 Å². The molecular weight excluding hydrogens is 437 g/mol. The highest BCUT2D eigenvalue weighted by Gasteiger charge is 2.48. The lowest BCUT2D eigenvalue weighted by atomic mass is 10.0. The lowest BCUT2D eigenvalue weighted by molar-refractivity contribution is -0.192. The first-order valence-electron chi connectivity index (χ1n) is 9.58. The molecule has 0 spiro atoms. The molecule has 0 radical (unpaired) electrons. The van der Waals surface area contributed by atoms with Crippen molar-refractivity contribution in [2.24, 2.45) is 13.0 Å². The van der Waals surface area contributed by atoms with Crippen molar-refractivity contribution in [2.75, 3.05) is 13.2 Å². The second-order valence-electron chi connectivity index (χ2n) is 7.35. The van der Waals surface area contributed by atoms with E-state index in [2.05, 4.69) is 15.3 Å². The first-order chi connectivity index (χ1) is 14.6. The predicted octanol–water partition coefficient (Wildman–Crippen LogP) is 2.02. The third-order valence-electron chi connectivity index (χ3n) is 5.14. The van der Waals surface area contributed by atoms with Gasteiger partial charge in [-0.15, -0.1) is 11.3 Å². The molecule has 0 bridgehead atoms. The molecule has 3 atom stereocenters. The molecular formula is C19H23F3N4O4S. The Labute approximate surface area is 180 Å². The lowest BCUT2D eigenvalue weighted by Crippen LogP contribution is -2.37. The summed E-state index contributed by atoms with van der Waals surface area (Å²) in [6.07, 6.45) is -0.131. The summed E-state index contributed by atoms with van der Waals surface area (Å²) in [6.45, 7) is 2.92. The Morgan fingerprint density at radius 1 is 1.42 bits per heavy atom. The average Bonchev–Trinajstić information content (AvgIpc) is 3.47. The third-order valence-corrected chi connectivity index (χ3v) is 6.02. The van der Waals surface area contributed by atoms with Gasteiger partial charge in [-0.1, -0.05) is 6.07 Å². The minimum absolute atomic E-state index is 0.0185. The van der Waals surface area contributed by atoms with E-state index in [0.29, 0.717) is 12.6 Å². The van der Waals surface area contributed by atoms with Gasteiger partial charge < -0.3 is 15.2 Å². The monoisotopic (exact) mass is 460 g/mol. The number of rotatable bonds is 5. The van der Waals surface area contributed by atoms with Crippen LogP contribution in [0.3, 0.4) is 0 Å². The van der Waals surface area contributed by atoms with E-state index in [1.54, 1.807) is 11.3 Å². The number of ether oxygens (including phenoxy) is 1. The fourth-order valence-corrected chi connectivity index (χ4v) is 4.43. The van der Waals surface area contributed by atoms with Gasteiger partial charge in [-0.2, -0.15) is 18.3 Å². The SMILES string of the molecule is Cn1cc(CN2C[C@H](C(=O)NCc3cccs3)[C@H]3OCC[C@H]32)cn1.O=C(O)C(F)(F)F. The highest BCUT2D eigenvalue weighted by molar-refractivity contribution is 7.09. The Morgan fingerprint density at radius 2 is 2.16 bits per heavy atom. The summed E-state index contributed by atoms with van der Waals surface area (Å²) in [7, 11) is 1.93. The molecule has 170 valence electrons. The van der Waals surface area contributed by atoms with Crippen LogP contribution in [0.2, 0.25) is 0 Å². The van der Waals surface area contributed by atoms with Crippen molar-refractivity contribution < 1.29 is 32.6 Å². The second-order valence-corrected chi connectivity index (χ2v) is 8.38. The van der Waals surface area contributed by atoms with Gasteiger partial charge in [-0.25, -0.2) is 4.79 Å². The number of carboxylic acids is 1. The van der Waals surface area contributed by atoms with Crippen molar-refractivity contribution in [3.05, 3.63) is 40.3 Å². The molecule has 2 fully saturated rings. The zero-order chi connectivity index (χ0) is 22.6. The number of thiophene rings is 1. The molecule has 1 amide bonds. The van der Waals surface area contributed by atoms with Crippen LogP contribution < -0.4 is 5.32 Å². The molecule has 12 heteroatoms. The number of aryl methyl sites for hydroxylation is 1. The number of aromatic nitrogens is 2. The molecule has 4 rings (SSSR count). The van der Waals surface area contributed by atoms with Gasteiger partial charge in [-0.3, -0.25) is 14.4 Å². The minimum atomic E-state index is -5.08. The van der Waals surface area contributed by atoms with E-state index < -0.39 is 12.1 Å². The first-order valence-corrected chi connectivity index (χ1v) is 10.5. The number of nitrogens with zero attached hydrogens (tertiary/aromatic N) is 3. The number of fused-ring (bicyclic) bond motifs is 1. The molecule has 0 saturated carbocycles. The summed E-state index contributed by atoms with van der Waals surface area (Å²) >= 11 is 1.67. The summed E-state index contributed by atoms with van der Waals surface area (Å²) < 4.78 is 39.5. The molecule has 2 saturated heterocycles. The normalized spacial score (nSPS) is 23.2. The molecule has 0 aromatic carbocycles. The standard InChI is InChI=1S/C17H22N4O2S.C2HF3O2/c1-20-9-12(7-19-20)10-21-11-14(16-15(21)4-5-23-16)17(22)18-8-13-3-2-6-24-13;3-2(4,5)1(6)7/h2-3,6-7,9,14-16H,4-5,8,10-11H2,1H3,(H,18,22);(H,6,7)/t14-,15+,16+;/m0./s1. The number of hydrogen-bond donors (Lipinski definition) is 2. The fraction of sp³-hybridized carbons (Fsp3) is 0.526. The van der Waals surface area contributed by atoms with Crippen LogP contribution in [0.15, 0.2) is 29.9 Å². The van der Waals surface area contributed by atoms with Crippen molar-refractivity contribution in [2.45, 2.75) is 37.8 Å². The Morgan fingerprint density at radius 3 is 2.74 bits per heavy atom. The largest absolute Gasteiger partial charge is 0.490 e. The fourth-order valence-electron chi connectivity index (χ4n) is 3.79. The van der Waals surface area contributed by atoms with Gasteiger partial charge in [0.05, 0.1) is 24.8 Å². The van der Waals surface area contributed by atoms with Gasteiger partial charge in [0.1, 0.15) is 0 Å². The summed E-state index contributed by atoms with van der Waals surface area (Å²) in [5.41, 5.74) is 1.18. The minimum Gasteiger partial charge on any atom is -0.475 e. The van der Waals surface area contributed by atoms with Crippen LogP contribution in [0.4, 0.5) is 13.2 Å².